The second-order valence-corrected chi connectivity index (χ2v) is 9.78. The molecular weight excluding hydrogens is 468 g/mol. The Hall–Kier alpha value is -3.11. The molecule has 1 N–H and O–H groups in total. The fourth-order valence-corrected chi connectivity index (χ4v) is 5.57. The molecule has 4 aromatic rings. The smallest absolute Gasteiger partial charge is 0.262 e. The van der Waals surface area contributed by atoms with E-state index in [-0.39, 0.29) is 11.5 Å². The molecule has 1 aliphatic heterocycles. The van der Waals surface area contributed by atoms with E-state index in [0.29, 0.717) is 36.2 Å². The average molecular weight is 495 g/mol. The van der Waals surface area contributed by atoms with Crippen molar-refractivity contribution in [1.29, 1.82) is 0 Å². The monoisotopic (exact) mass is 494 g/mol. The summed E-state index contributed by atoms with van der Waals surface area (Å²) in [5.41, 5.74) is 1.63. The number of nitrogens with one attached hydrogen (secondary N) is 1. The molecule has 1 saturated heterocycles. The number of carbonyl (C=O) groups is 1. The van der Waals surface area contributed by atoms with Crippen LogP contribution in [0.5, 0.6) is 0 Å². The van der Waals surface area contributed by atoms with Crippen molar-refractivity contribution in [3.8, 4) is 0 Å². The number of aromatic amines is 1. The first-order valence-electron chi connectivity index (χ1n) is 11.6. The van der Waals surface area contributed by atoms with Crippen LogP contribution < -0.4 is 10.5 Å². The normalized spacial score (nSPS) is 14.2. The zero-order valence-electron chi connectivity index (χ0n) is 18.8. The topological polar surface area (TPSA) is 87.1 Å². The number of nitrogens with zero attached hydrogens (tertiary/aromatic N) is 5. The molecule has 176 valence electrons. The number of fused-ring (bicyclic) bond motifs is 2. The lowest BCUT2D eigenvalue weighted by Crippen LogP contribution is -2.48. The lowest BCUT2D eigenvalue weighted by Gasteiger charge is -2.34. The standard InChI is InChI=1S/C24H26N6O2S2/c31-20(28-13-15-29(16-14-28)24-27-19-9-6-11-25-21(19)34-24)10-2-1-5-12-30-22(32)17-7-3-4-8-18(17)26-23(30)33/h3-4,6-9,11H,1-2,5,10,12-16H2,(H,26,33). The third-order valence-corrected chi connectivity index (χ3v) is 7.58. The predicted molar refractivity (Wildman–Crippen MR) is 138 cm³/mol. The van der Waals surface area contributed by atoms with Crippen LogP contribution in [0.15, 0.2) is 47.4 Å². The van der Waals surface area contributed by atoms with Gasteiger partial charge in [0, 0.05) is 45.3 Å². The number of H-pyrrole nitrogens is 1. The van der Waals surface area contributed by atoms with Crippen molar-refractivity contribution < 1.29 is 4.79 Å². The minimum atomic E-state index is -0.0581. The maximum absolute atomic E-state index is 12.7. The van der Waals surface area contributed by atoms with E-state index in [1.54, 1.807) is 22.1 Å². The number of amides is 1. The van der Waals surface area contributed by atoms with E-state index < -0.39 is 0 Å². The molecule has 1 aliphatic rings. The Bertz CT molecular complexity index is 1400. The molecule has 0 saturated carbocycles. The second-order valence-electron chi connectivity index (χ2n) is 8.44. The van der Waals surface area contributed by atoms with Gasteiger partial charge in [0.05, 0.1) is 10.9 Å². The molecule has 3 aromatic heterocycles. The number of pyridine rings is 1. The Morgan fingerprint density at radius 3 is 2.71 bits per heavy atom. The van der Waals surface area contributed by atoms with Crippen molar-refractivity contribution >= 4 is 55.8 Å². The van der Waals surface area contributed by atoms with Crippen molar-refractivity contribution in [2.45, 2.75) is 32.2 Å². The first kappa shape index (κ1) is 22.7. The highest BCUT2D eigenvalue weighted by Gasteiger charge is 2.23. The van der Waals surface area contributed by atoms with Crippen LogP contribution in [0.4, 0.5) is 5.13 Å². The van der Waals surface area contributed by atoms with Crippen molar-refractivity contribution in [1.82, 2.24) is 24.4 Å². The van der Waals surface area contributed by atoms with E-state index >= 15 is 0 Å². The summed E-state index contributed by atoms with van der Waals surface area (Å²) in [6, 6.07) is 11.3. The third-order valence-electron chi connectivity index (χ3n) is 6.22. The zero-order valence-corrected chi connectivity index (χ0v) is 20.4. The second kappa shape index (κ2) is 10.0. The van der Waals surface area contributed by atoms with E-state index in [1.165, 1.54) is 0 Å². The first-order chi connectivity index (χ1) is 16.6. The van der Waals surface area contributed by atoms with Gasteiger partial charge in [-0.2, -0.15) is 0 Å². The van der Waals surface area contributed by atoms with E-state index in [4.69, 9.17) is 12.2 Å². The van der Waals surface area contributed by atoms with Gasteiger partial charge in [-0.25, -0.2) is 9.97 Å². The van der Waals surface area contributed by atoms with E-state index in [9.17, 15) is 9.59 Å². The number of para-hydroxylation sites is 1. The molecule has 0 atom stereocenters. The summed E-state index contributed by atoms with van der Waals surface area (Å²) < 4.78 is 2.07. The molecule has 34 heavy (non-hydrogen) atoms. The highest BCUT2D eigenvalue weighted by atomic mass is 32.1. The molecular formula is C24H26N6O2S2. The Kier molecular flexibility index (Phi) is 6.68. The van der Waals surface area contributed by atoms with Crippen molar-refractivity contribution in [2.24, 2.45) is 0 Å². The number of unbranched alkanes of at least 4 members (excludes halogenated alkanes) is 2. The molecule has 0 unspecified atom stereocenters. The molecule has 1 aromatic carbocycles. The van der Waals surface area contributed by atoms with E-state index in [2.05, 4.69) is 19.9 Å². The number of carbonyl (C=O) groups excluding carboxylic acids is 1. The van der Waals surface area contributed by atoms with Crippen LogP contribution in [0, 0.1) is 4.77 Å². The molecule has 5 rings (SSSR count). The van der Waals surface area contributed by atoms with Gasteiger partial charge in [0.15, 0.2) is 9.90 Å². The number of benzene rings is 1. The Balaban J connectivity index is 1.07. The number of hydrogen-bond acceptors (Lipinski definition) is 7. The van der Waals surface area contributed by atoms with Crippen LogP contribution >= 0.6 is 23.6 Å². The molecule has 1 amide bonds. The van der Waals surface area contributed by atoms with Gasteiger partial charge in [0.25, 0.3) is 5.56 Å². The minimum absolute atomic E-state index is 0.0581. The van der Waals surface area contributed by atoms with Crippen molar-refractivity contribution in [2.75, 3.05) is 31.1 Å². The molecule has 8 nitrogen and oxygen atoms in total. The molecule has 4 heterocycles. The summed E-state index contributed by atoms with van der Waals surface area (Å²) >= 11 is 6.97. The van der Waals surface area contributed by atoms with Gasteiger partial charge < -0.3 is 14.8 Å². The van der Waals surface area contributed by atoms with Gasteiger partial charge in [-0.1, -0.05) is 29.9 Å². The summed E-state index contributed by atoms with van der Waals surface area (Å²) in [6.45, 7) is 3.56. The Morgan fingerprint density at radius 1 is 1.06 bits per heavy atom. The zero-order chi connectivity index (χ0) is 23.5. The van der Waals surface area contributed by atoms with Crippen LogP contribution in [0.2, 0.25) is 0 Å². The van der Waals surface area contributed by atoms with Crippen LogP contribution in [-0.2, 0) is 11.3 Å². The van der Waals surface area contributed by atoms with Gasteiger partial charge in [-0.3, -0.25) is 14.2 Å². The van der Waals surface area contributed by atoms with Gasteiger partial charge in [-0.15, -0.1) is 0 Å². The summed E-state index contributed by atoms with van der Waals surface area (Å²) in [5.74, 6) is 0.200. The molecule has 0 radical (unpaired) electrons. The van der Waals surface area contributed by atoms with Gasteiger partial charge >= 0.3 is 0 Å². The maximum atomic E-state index is 12.7. The highest BCUT2D eigenvalue weighted by molar-refractivity contribution is 7.71. The van der Waals surface area contributed by atoms with Crippen LogP contribution in [0.1, 0.15) is 25.7 Å². The quantitative estimate of drug-likeness (QED) is 0.309. The average Bonchev–Trinajstić information content (AvgIpc) is 3.30. The number of rotatable bonds is 7. The minimum Gasteiger partial charge on any atom is -0.344 e. The number of aromatic nitrogens is 4. The van der Waals surface area contributed by atoms with Crippen LogP contribution in [0.3, 0.4) is 0 Å². The SMILES string of the molecule is O=C(CCCCCn1c(=S)[nH]c2ccccc2c1=O)N1CCN(c2nc3cccnc3s2)CC1. The molecule has 0 spiro atoms. The fraction of sp³-hybridized carbons (Fsp3) is 0.375. The maximum Gasteiger partial charge on any atom is 0.262 e. The van der Waals surface area contributed by atoms with Gasteiger partial charge in [0.1, 0.15) is 10.3 Å². The summed E-state index contributed by atoms with van der Waals surface area (Å²) in [6.07, 6.45) is 4.81. The Labute approximate surface area is 205 Å². The fourth-order valence-electron chi connectivity index (χ4n) is 4.32. The van der Waals surface area contributed by atoms with Crippen molar-refractivity contribution in [3.05, 3.63) is 57.7 Å². The number of anilines is 1. The number of piperazine rings is 1. The molecule has 10 heteroatoms. The summed E-state index contributed by atoms with van der Waals surface area (Å²) in [7, 11) is 0. The first-order valence-corrected chi connectivity index (χ1v) is 12.8. The predicted octanol–water partition coefficient (Wildman–Crippen LogP) is 3.97. The third kappa shape index (κ3) is 4.74. The van der Waals surface area contributed by atoms with E-state index in [0.717, 1.165) is 53.3 Å². The largest absolute Gasteiger partial charge is 0.344 e. The van der Waals surface area contributed by atoms with Gasteiger partial charge in [-0.05, 0) is 49.3 Å². The summed E-state index contributed by atoms with van der Waals surface area (Å²) in [4.78, 5) is 42.7. The van der Waals surface area contributed by atoms with E-state index in [1.807, 2.05) is 41.3 Å². The summed E-state index contributed by atoms with van der Waals surface area (Å²) in [5, 5.41) is 1.62. The Morgan fingerprint density at radius 2 is 1.88 bits per heavy atom. The molecule has 1 fully saturated rings. The van der Waals surface area contributed by atoms with Gasteiger partial charge in [0.2, 0.25) is 5.91 Å². The lowest BCUT2D eigenvalue weighted by atomic mass is 10.1. The highest BCUT2D eigenvalue weighted by Crippen LogP contribution is 2.27. The van der Waals surface area contributed by atoms with Crippen LogP contribution in [0.25, 0.3) is 21.3 Å². The number of thiazole rings is 1. The number of hydrogen-bond donors (Lipinski definition) is 1. The molecule has 0 aliphatic carbocycles. The van der Waals surface area contributed by atoms with Crippen LogP contribution in [-0.4, -0.2) is 56.5 Å². The molecule has 0 bridgehead atoms. The lowest BCUT2D eigenvalue weighted by molar-refractivity contribution is -0.131. The van der Waals surface area contributed by atoms with Crippen molar-refractivity contribution in [3.63, 3.8) is 0 Å².